The number of ether oxygens (including phenoxy) is 1. The molecule has 12 nitrogen and oxygen atoms in total. The summed E-state index contributed by atoms with van der Waals surface area (Å²) in [5.74, 6) is -3.14. The fourth-order valence-electron chi connectivity index (χ4n) is 2.54. The number of rotatable bonds is 8. The molecule has 0 aliphatic carbocycles. The largest absolute Gasteiger partial charge is 0.454 e. The molecule has 0 bridgehead atoms. The van der Waals surface area contributed by atoms with Gasteiger partial charge < -0.3 is 15.4 Å². The number of halogens is 3. The van der Waals surface area contributed by atoms with Gasteiger partial charge in [-0.1, -0.05) is 6.07 Å². The lowest BCUT2D eigenvalue weighted by atomic mass is 10.1. The molecule has 0 radical (unpaired) electrons. The van der Waals surface area contributed by atoms with Crippen LogP contribution in [0.2, 0.25) is 0 Å². The summed E-state index contributed by atoms with van der Waals surface area (Å²) in [4.78, 5) is 55.8. The van der Waals surface area contributed by atoms with Crippen molar-refractivity contribution in [1.82, 2.24) is 5.32 Å². The number of nitrogens with one attached hydrogen (secondary N) is 2. The van der Waals surface area contributed by atoms with Crippen LogP contribution < -0.4 is 10.6 Å². The molecule has 0 saturated carbocycles. The van der Waals surface area contributed by atoms with Gasteiger partial charge in [0.05, 0.1) is 21.1 Å². The van der Waals surface area contributed by atoms with Crippen molar-refractivity contribution in [2.24, 2.45) is 0 Å². The van der Waals surface area contributed by atoms with Gasteiger partial charge >= 0.3 is 12.1 Å². The number of hydrogen-bond acceptors (Lipinski definition) is 8. The maximum Gasteiger partial charge on any atom is 0.418 e. The van der Waals surface area contributed by atoms with Crippen LogP contribution in [0.3, 0.4) is 0 Å². The fraction of sp³-hybridized carbons (Fsp3) is 0.211. The zero-order chi connectivity index (χ0) is 25.6. The highest BCUT2D eigenvalue weighted by atomic mass is 19.4. The summed E-state index contributed by atoms with van der Waals surface area (Å²) in [5, 5.41) is 25.5. The standard InChI is InChI=1S/C19H15F3N4O8/c1-10(23-17(28)11-3-2-4-12(7-11)25(30)31)18(29)34-9-16(27)24-15-6-5-13(26(32)33)8-14(15)19(20,21)22/h2-8,10H,9H2,1H3,(H,23,28)(H,24,27)/t10-/m0/s1. The van der Waals surface area contributed by atoms with E-state index in [1.54, 1.807) is 0 Å². The molecule has 2 N–H and O–H groups in total. The second-order valence-electron chi connectivity index (χ2n) is 6.64. The number of nitrogens with zero attached hydrogens (tertiary/aromatic N) is 2. The first-order chi connectivity index (χ1) is 15.8. The van der Waals surface area contributed by atoms with Crippen LogP contribution in [0.15, 0.2) is 42.5 Å². The number of carbonyl (C=O) groups excluding carboxylic acids is 3. The predicted molar refractivity (Wildman–Crippen MR) is 108 cm³/mol. The Hall–Kier alpha value is -4.56. The summed E-state index contributed by atoms with van der Waals surface area (Å²) >= 11 is 0. The molecule has 0 aliphatic rings. The van der Waals surface area contributed by atoms with E-state index in [9.17, 15) is 47.8 Å². The summed E-state index contributed by atoms with van der Waals surface area (Å²) in [6.45, 7) is 0.164. The van der Waals surface area contributed by atoms with E-state index in [2.05, 4.69) is 10.1 Å². The molecule has 0 saturated heterocycles. The molecule has 0 fully saturated rings. The van der Waals surface area contributed by atoms with Gasteiger partial charge in [0, 0.05) is 29.8 Å². The van der Waals surface area contributed by atoms with E-state index < -0.39 is 63.4 Å². The minimum absolute atomic E-state index is 0.121. The molecule has 0 aromatic heterocycles. The number of carbonyl (C=O) groups is 3. The van der Waals surface area contributed by atoms with Crippen LogP contribution in [-0.2, 0) is 20.5 Å². The molecular weight excluding hydrogens is 469 g/mol. The third-order valence-corrected chi connectivity index (χ3v) is 4.16. The highest BCUT2D eigenvalue weighted by Gasteiger charge is 2.35. The molecule has 2 rings (SSSR count). The summed E-state index contributed by atoms with van der Waals surface area (Å²) in [6.07, 6.45) is -5.02. The van der Waals surface area contributed by atoms with Crippen LogP contribution in [0.25, 0.3) is 0 Å². The minimum atomic E-state index is -5.02. The van der Waals surface area contributed by atoms with Crippen LogP contribution in [0.4, 0.5) is 30.2 Å². The van der Waals surface area contributed by atoms with E-state index in [0.29, 0.717) is 6.07 Å². The molecule has 34 heavy (non-hydrogen) atoms. The number of nitro benzene ring substituents is 2. The Balaban J connectivity index is 1.98. The van der Waals surface area contributed by atoms with Gasteiger partial charge in [-0.25, -0.2) is 4.79 Å². The minimum Gasteiger partial charge on any atom is -0.454 e. The molecule has 2 aromatic rings. The van der Waals surface area contributed by atoms with Crippen molar-refractivity contribution in [3.8, 4) is 0 Å². The van der Waals surface area contributed by atoms with Crippen molar-refractivity contribution in [3.63, 3.8) is 0 Å². The first-order valence-electron chi connectivity index (χ1n) is 9.17. The number of esters is 1. The normalized spacial score (nSPS) is 11.8. The quantitative estimate of drug-likeness (QED) is 0.327. The van der Waals surface area contributed by atoms with Gasteiger partial charge in [-0.15, -0.1) is 0 Å². The number of non-ortho nitro benzene ring substituents is 2. The van der Waals surface area contributed by atoms with E-state index in [1.807, 2.05) is 5.32 Å². The predicted octanol–water partition coefficient (Wildman–Crippen LogP) is 2.82. The van der Waals surface area contributed by atoms with Crippen molar-refractivity contribution >= 4 is 34.8 Å². The number of hydrogen-bond donors (Lipinski definition) is 2. The second kappa shape index (κ2) is 10.4. The van der Waals surface area contributed by atoms with Crippen LogP contribution >= 0.6 is 0 Å². The lowest BCUT2D eigenvalue weighted by molar-refractivity contribution is -0.385. The van der Waals surface area contributed by atoms with Gasteiger partial charge in [0.25, 0.3) is 23.2 Å². The second-order valence-corrected chi connectivity index (χ2v) is 6.64. The zero-order valence-corrected chi connectivity index (χ0v) is 17.1. The summed E-state index contributed by atoms with van der Waals surface area (Å²) in [6, 6.07) is 5.01. The Morgan fingerprint density at radius 3 is 2.24 bits per heavy atom. The van der Waals surface area contributed by atoms with Crippen molar-refractivity contribution in [2.45, 2.75) is 19.1 Å². The topological polar surface area (TPSA) is 171 Å². The highest BCUT2D eigenvalue weighted by Crippen LogP contribution is 2.37. The van der Waals surface area contributed by atoms with E-state index in [0.717, 1.165) is 18.2 Å². The Morgan fingerprint density at radius 2 is 1.65 bits per heavy atom. The summed E-state index contributed by atoms with van der Waals surface area (Å²) < 4.78 is 44.1. The molecule has 2 amide bonds. The van der Waals surface area contributed by atoms with E-state index in [4.69, 9.17) is 0 Å². The summed E-state index contributed by atoms with van der Waals surface area (Å²) in [5.41, 5.74) is -3.58. The molecule has 0 unspecified atom stereocenters. The Bertz CT molecular complexity index is 1150. The van der Waals surface area contributed by atoms with Crippen LogP contribution in [0.5, 0.6) is 0 Å². The van der Waals surface area contributed by atoms with Crippen LogP contribution in [-0.4, -0.2) is 40.3 Å². The molecular formula is C19H15F3N4O8. The third kappa shape index (κ3) is 6.72. The SMILES string of the molecule is C[C@H](NC(=O)c1cccc([N+](=O)[O-])c1)C(=O)OCC(=O)Nc1ccc([N+](=O)[O-])cc1C(F)(F)F. The average Bonchev–Trinajstić information content (AvgIpc) is 2.76. The average molecular weight is 484 g/mol. The van der Waals surface area contributed by atoms with Gasteiger partial charge in [-0.2, -0.15) is 13.2 Å². The van der Waals surface area contributed by atoms with Crippen LogP contribution in [0.1, 0.15) is 22.8 Å². The van der Waals surface area contributed by atoms with Crippen molar-refractivity contribution in [3.05, 3.63) is 73.8 Å². The van der Waals surface area contributed by atoms with Gasteiger partial charge in [0.1, 0.15) is 6.04 Å². The lowest BCUT2D eigenvalue weighted by Crippen LogP contribution is -2.40. The van der Waals surface area contributed by atoms with E-state index >= 15 is 0 Å². The summed E-state index contributed by atoms with van der Waals surface area (Å²) in [7, 11) is 0. The van der Waals surface area contributed by atoms with Gasteiger partial charge in [0.15, 0.2) is 6.61 Å². The molecule has 1 atom stereocenters. The number of nitro groups is 2. The van der Waals surface area contributed by atoms with E-state index in [1.165, 1.54) is 19.1 Å². The lowest BCUT2D eigenvalue weighted by Gasteiger charge is -2.15. The molecule has 0 aliphatic heterocycles. The number of alkyl halides is 3. The maximum absolute atomic E-state index is 13.2. The monoisotopic (exact) mass is 484 g/mol. The Morgan fingerprint density at radius 1 is 1.03 bits per heavy atom. The van der Waals surface area contributed by atoms with E-state index in [-0.39, 0.29) is 17.3 Å². The Labute approximate surface area is 188 Å². The molecule has 2 aromatic carbocycles. The van der Waals surface area contributed by atoms with Crippen molar-refractivity contribution < 1.29 is 42.1 Å². The number of anilines is 1. The molecule has 180 valence electrons. The van der Waals surface area contributed by atoms with Gasteiger partial charge in [-0.3, -0.25) is 29.8 Å². The van der Waals surface area contributed by atoms with Crippen molar-refractivity contribution in [1.29, 1.82) is 0 Å². The van der Waals surface area contributed by atoms with Gasteiger partial charge in [0.2, 0.25) is 0 Å². The molecule has 15 heteroatoms. The van der Waals surface area contributed by atoms with Crippen LogP contribution in [0, 0.1) is 20.2 Å². The maximum atomic E-state index is 13.2. The number of benzene rings is 2. The highest BCUT2D eigenvalue weighted by molar-refractivity contribution is 5.98. The molecule has 0 heterocycles. The smallest absolute Gasteiger partial charge is 0.418 e. The van der Waals surface area contributed by atoms with Crippen molar-refractivity contribution in [2.75, 3.05) is 11.9 Å². The first-order valence-corrected chi connectivity index (χ1v) is 9.17. The third-order valence-electron chi connectivity index (χ3n) is 4.16. The zero-order valence-electron chi connectivity index (χ0n) is 17.1. The molecule has 0 spiro atoms. The van der Waals surface area contributed by atoms with Gasteiger partial charge in [-0.05, 0) is 19.1 Å². The Kier molecular flexibility index (Phi) is 7.84. The fourth-order valence-corrected chi connectivity index (χ4v) is 2.54. The number of amides is 2. The first kappa shape index (κ1) is 25.7.